The average Bonchev–Trinajstić information content (AvgIpc) is 2.83. The minimum absolute atomic E-state index is 0.240. The van der Waals surface area contributed by atoms with Gasteiger partial charge in [-0.3, -0.25) is 14.3 Å². The van der Waals surface area contributed by atoms with Crippen LogP contribution in [0.15, 0.2) is 32.0 Å². The van der Waals surface area contributed by atoms with Crippen molar-refractivity contribution in [1.82, 2.24) is 15.5 Å². The minimum Gasteiger partial charge on any atom is -0.497 e. The van der Waals surface area contributed by atoms with E-state index in [1.165, 1.54) is 7.11 Å². The van der Waals surface area contributed by atoms with E-state index in [0.717, 1.165) is 4.47 Å². The molecule has 0 fully saturated rings. The van der Waals surface area contributed by atoms with Crippen molar-refractivity contribution in [3.05, 3.63) is 44.6 Å². The Bertz CT molecular complexity index is 665. The Morgan fingerprint density at radius 1 is 1.50 bits per heavy atom. The largest absolute Gasteiger partial charge is 0.497 e. The second-order valence-electron chi connectivity index (χ2n) is 3.93. The predicted octanol–water partition coefficient (Wildman–Crippen LogP) is 1.11. The van der Waals surface area contributed by atoms with Crippen LogP contribution in [0.2, 0.25) is 0 Å². The number of methoxy groups -OCH3 is 1. The zero-order valence-corrected chi connectivity index (χ0v) is 12.2. The summed E-state index contributed by atoms with van der Waals surface area (Å²) in [6.45, 7) is 0.329. The van der Waals surface area contributed by atoms with E-state index in [1.54, 1.807) is 18.2 Å². The van der Waals surface area contributed by atoms with Crippen LogP contribution in [-0.2, 0) is 6.42 Å². The number of hydrogen-bond donors (Lipinski definition) is 2. The molecule has 0 unspecified atom stereocenters. The molecule has 20 heavy (non-hydrogen) atoms. The summed E-state index contributed by atoms with van der Waals surface area (Å²) in [6.07, 6.45) is 0.378. The number of ether oxygens (including phenoxy) is 1. The Morgan fingerprint density at radius 3 is 2.95 bits per heavy atom. The number of rotatable bonds is 5. The van der Waals surface area contributed by atoms with E-state index in [0.29, 0.717) is 30.1 Å². The van der Waals surface area contributed by atoms with Gasteiger partial charge in [-0.25, -0.2) is 4.79 Å². The highest BCUT2D eigenvalue weighted by Crippen LogP contribution is 2.21. The lowest BCUT2D eigenvalue weighted by Gasteiger charge is -2.06. The van der Waals surface area contributed by atoms with Gasteiger partial charge in [-0.15, -0.1) is 0 Å². The third-order valence-electron chi connectivity index (χ3n) is 2.50. The molecule has 2 aromatic rings. The van der Waals surface area contributed by atoms with E-state index in [4.69, 9.17) is 4.74 Å². The number of benzene rings is 1. The van der Waals surface area contributed by atoms with Crippen LogP contribution in [0.4, 0.5) is 0 Å². The Labute approximate surface area is 122 Å². The highest BCUT2D eigenvalue weighted by Gasteiger charge is 2.09. The van der Waals surface area contributed by atoms with Gasteiger partial charge in [0.25, 0.3) is 5.91 Å². The molecule has 7 nitrogen and oxygen atoms in total. The number of nitrogens with zero attached hydrogens (tertiary/aromatic N) is 1. The number of carbonyl (C=O) groups excluding carboxylic acids is 1. The molecule has 0 aliphatic carbocycles. The van der Waals surface area contributed by atoms with Gasteiger partial charge in [0.05, 0.1) is 7.11 Å². The van der Waals surface area contributed by atoms with E-state index >= 15 is 0 Å². The van der Waals surface area contributed by atoms with Crippen LogP contribution in [0, 0.1) is 0 Å². The molecule has 2 N–H and O–H groups in total. The first-order valence-corrected chi connectivity index (χ1v) is 6.55. The molecule has 0 bridgehead atoms. The first-order chi connectivity index (χ1) is 9.58. The fourth-order valence-electron chi connectivity index (χ4n) is 1.58. The van der Waals surface area contributed by atoms with Gasteiger partial charge in [0, 0.05) is 23.0 Å². The van der Waals surface area contributed by atoms with Crippen LogP contribution < -0.4 is 15.8 Å². The summed E-state index contributed by atoms with van der Waals surface area (Å²) < 4.78 is 10.2. The van der Waals surface area contributed by atoms with Crippen molar-refractivity contribution >= 4 is 21.8 Å². The maximum absolute atomic E-state index is 12.0. The van der Waals surface area contributed by atoms with Crippen LogP contribution in [0.5, 0.6) is 5.75 Å². The summed E-state index contributed by atoms with van der Waals surface area (Å²) in [5.74, 6) is 0.131. The molecule has 1 aromatic heterocycles. The van der Waals surface area contributed by atoms with Crippen LogP contribution in [-0.4, -0.2) is 29.7 Å². The third kappa shape index (κ3) is 3.70. The van der Waals surface area contributed by atoms with Gasteiger partial charge in [-0.2, -0.15) is 0 Å². The van der Waals surface area contributed by atoms with Crippen LogP contribution in [0.25, 0.3) is 0 Å². The second kappa shape index (κ2) is 6.38. The predicted molar refractivity (Wildman–Crippen MR) is 73.9 cm³/mol. The van der Waals surface area contributed by atoms with Crippen molar-refractivity contribution in [2.75, 3.05) is 13.7 Å². The summed E-state index contributed by atoms with van der Waals surface area (Å²) in [5, 5.41) is 6.22. The molecule has 0 atom stereocenters. The van der Waals surface area contributed by atoms with Gasteiger partial charge in [0.2, 0.25) is 0 Å². The summed E-state index contributed by atoms with van der Waals surface area (Å²) in [7, 11) is 1.53. The number of aromatic amines is 1. The van der Waals surface area contributed by atoms with Crippen LogP contribution in [0.3, 0.4) is 0 Å². The smallest absolute Gasteiger partial charge is 0.438 e. The molecule has 106 valence electrons. The van der Waals surface area contributed by atoms with Crippen molar-refractivity contribution in [2.24, 2.45) is 0 Å². The monoisotopic (exact) mass is 341 g/mol. The average molecular weight is 342 g/mol. The SMILES string of the molecule is COc1cc(Br)cc(C(=O)NCCc2noc(=O)[nH]2)c1. The molecule has 0 saturated carbocycles. The minimum atomic E-state index is -0.608. The van der Waals surface area contributed by atoms with Gasteiger partial charge in [0.1, 0.15) is 5.75 Å². The number of hydrogen-bond acceptors (Lipinski definition) is 5. The summed E-state index contributed by atoms with van der Waals surface area (Å²) in [4.78, 5) is 25.1. The molecule has 2 rings (SSSR count). The molecule has 0 aliphatic rings. The molecule has 0 aliphatic heterocycles. The van der Waals surface area contributed by atoms with Crippen molar-refractivity contribution in [3.8, 4) is 5.75 Å². The molecule has 1 heterocycles. The molecule has 1 aromatic carbocycles. The summed E-state index contributed by atoms with van der Waals surface area (Å²) in [5.41, 5.74) is 0.477. The molecule has 8 heteroatoms. The number of nitrogens with one attached hydrogen (secondary N) is 2. The second-order valence-corrected chi connectivity index (χ2v) is 4.84. The number of amides is 1. The maximum atomic E-state index is 12.0. The summed E-state index contributed by atoms with van der Waals surface area (Å²) >= 11 is 3.31. The van der Waals surface area contributed by atoms with Gasteiger partial charge < -0.3 is 10.1 Å². The Balaban J connectivity index is 1.94. The van der Waals surface area contributed by atoms with E-state index in [2.05, 4.69) is 35.9 Å². The maximum Gasteiger partial charge on any atom is 0.438 e. The first-order valence-electron chi connectivity index (χ1n) is 5.76. The van der Waals surface area contributed by atoms with Crippen molar-refractivity contribution in [1.29, 1.82) is 0 Å². The Morgan fingerprint density at radius 2 is 2.30 bits per heavy atom. The molecule has 0 radical (unpaired) electrons. The zero-order chi connectivity index (χ0) is 14.5. The lowest BCUT2D eigenvalue weighted by Crippen LogP contribution is -2.26. The van der Waals surface area contributed by atoms with E-state index < -0.39 is 5.76 Å². The molecule has 0 spiro atoms. The van der Waals surface area contributed by atoms with Crippen molar-refractivity contribution in [3.63, 3.8) is 0 Å². The van der Waals surface area contributed by atoms with Crippen molar-refractivity contribution in [2.45, 2.75) is 6.42 Å². The number of H-pyrrole nitrogens is 1. The highest BCUT2D eigenvalue weighted by atomic mass is 79.9. The molecule has 0 saturated heterocycles. The van der Waals surface area contributed by atoms with E-state index in [9.17, 15) is 9.59 Å². The zero-order valence-electron chi connectivity index (χ0n) is 10.6. The highest BCUT2D eigenvalue weighted by molar-refractivity contribution is 9.10. The van der Waals surface area contributed by atoms with Gasteiger partial charge >= 0.3 is 5.76 Å². The van der Waals surface area contributed by atoms with Crippen LogP contribution >= 0.6 is 15.9 Å². The van der Waals surface area contributed by atoms with Gasteiger partial charge in [0.15, 0.2) is 5.82 Å². The summed E-state index contributed by atoms with van der Waals surface area (Å²) in [6, 6.07) is 5.09. The van der Waals surface area contributed by atoms with E-state index in [1.807, 2.05) is 0 Å². The van der Waals surface area contributed by atoms with Gasteiger partial charge in [-0.1, -0.05) is 21.1 Å². The number of halogens is 1. The van der Waals surface area contributed by atoms with Crippen molar-refractivity contribution < 1.29 is 14.1 Å². The first kappa shape index (κ1) is 14.3. The normalized spacial score (nSPS) is 10.3. The lowest BCUT2D eigenvalue weighted by molar-refractivity contribution is 0.0953. The number of aromatic nitrogens is 2. The topological polar surface area (TPSA) is 97.2 Å². The quantitative estimate of drug-likeness (QED) is 0.848. The molecule has 1 amide bonds. The molecular formula is C12H12BrN3O4. The Kier molecular flexibility index (Phi) is 4.57. The van der Waals surface area contributed by atoms with E-state index in [-0.39, 0.29) is 5.91 Å². The fourth-order valence-corrected chi connectivity index (χ4v) is 2.05. The third-order valence-corrected chi connectivity index (χ3v) is 2.96. The Hall–Kier alpha value is -2.09. The van der Waals surface area contributed by atoms with Gasteiger partial charge in [-0.05, 0) is 18.2 Å². The standard InChI is InChI=1S/C12H12BrN3O4/c1-19-9-5-7(4-8(13)6-9)11(17)14-3-2-10-15-12(18)20-16-10/h4-6H,2-3H2,1H3,(H,14,17)(H,15,16,18). The fraction of sp³-hybridized carbons (Fsp3) is 0.250. The molecular weight excluding hydrogens is 330 g/mol. The van der Waals surface area contributed by atoms with Crippen LogP contribution in [0.1, 0.15) is 16.2 Å². The lowest BCUT2D eigenvalue weighted by atomic mass is 10.2. The number of carbonyl (C=O) groups is 1.